The van der Waals surface area contributed by atoms with Gasteiger partial charge in [0.15, 0.2) is 11.6 Å². The van der Waals surface area contributed by atoms with E-state index in [1.165, 1.54) is 0 Å². The number of nitrogens with zero attached hydrogens (tertiary/aromatic N) is 1. The van der Waals surface area contributed by atoms with Crippen molar-refractivity contribution in [3.8, 4) is 5.75 Å². The number of hydrogen-bond acceptors (Lipinski definition) is 4. The molecule has 1 atom stereocenters. The van der Waals surface area contributed by atoms with Gasteiger partial charge in [0.2, 0.25) is 15.9 Å². The molecular weight excluding hydrogens is 462 g/mol. The molecule has 1 N–H and O–H groups in total. The Balaban J connectivity index is 1.39. The second-order valence-corrected chi connectivity index (χ2v) is 9.88. The quantitative estimate of drug-likeness (QED) is 0.522. The molecule has 9 heteroatoms. The van der Waals surface area contributed by atoms with Crippen molar-refractivity contribution in [2.45, 2.75) is 36.9 Å². The summed E-state index contributed by atoms with van der Waals surface area (Å²) in [6.07, 6.45) is 0.832. The summed E-state index contributed by atoms with van der Waals surface area (Å²) in [4.78, 5) is 12.5. The van der Waals surface area contributed by atoms with Gasteiger partial charge in [0, 0.05) is 13.1 Å². The Morgan fingerprint density at radius 3 is 2.50 bits per heavy atom. The van der Waals surface area contributed by atoms with Crippen LogP contribution in [0.5, 0.6) is 5.75 Å². The van der Waals surface area contributed by atoms with E-state index in [-0.39, 0.29) is 18.0 Å². The Morgan fingerprint density at radius 1 is 0.971 bits per heavy atom. The molecule has 3 aromatic carbocycles. The molecule has 1 heterocycles. The first kappa shape index (κ1) is 23.8. The standard InChI is InChI=1S/C25H24F2N2O4S/c26-22-12-11-21(15-23(22)27)34(31,32)29-13-5-10-24(29)25(30)28-16-19-8-4-9-20(14-19)33-17-18-6-2-1-3-7-18/h1-4,6-9,11-12,14-15,24H,5,10,13,16-17H2,(H,28,30)/t24-/m0/s1. The molecule has 0 aliphatic carbocycles. The number of ether oxygens (including phenoxy) is 1. The average Bonchev–Trinajstić information content (AvgIpc) is 3.35. The van der Waals surface area contributed by atoms with E-state index in [9.17, 15) is 22.0 Å². The molecule has 3 aromatic rings. The van der Waals surface area contributed by atoms with Gasteiger partial charge in [0.05, 0.1) is 4.90 Å². The first-order chi connectivity index (χ1) is 16.3. The smallest absolute Gasteiger partial charge is 0.243 e. The lowest BCUT2D eigenvalue weighted by atomic mass is 10.2. The Bertz CT molecular complexity index is 1270. The van der Waals surface area contributed by atoms with E-state index in [1.54, 1.807) is 0 Å². The second kappa shape index (κ2) is 10.3. The lowest BCUT2D eigenvalue weighted by Crippen LogP contribution is -2.45. The molecule has 178 valence electrons. The predicted molar refractivity (Wildman–Crippen MR) is 122 cm³/mol. The number of nitrogens with one attached hydrogen (secondary N) is 1. The van der Waals surface area contributed by atoms with Gasteiger partial charge in [-0.15, -0.1) is 0 Å². The van der Waals surface area contributed by atoms with E-state index in [2.05, 4.69) is 5.32 Å². The molecule has 1 aliphatic rings. The van der Waals surface area contributed by atoms with E-state index in [1.807, 2.05) is 54.6 Å². The summed E-state index contributed by atoms with van der Waals surface area (Å²) in [5.74, 6) is -2.18. The Morgan fingerprint density at radius 2 is 1.74 bits per heavy atom. The number of carbonyl (C=O) groups is 1. The first-order valence-corrected chi connectivity index (χ1v) is 12.3. The van der Waals surface area contributed by atoms with Crippen molar-refractivity contribution in [1.82, 2.24) is 9.62 Å². The highest BCUT2D eigenvalue weighted by Gasteiger charge is 2.39. The molecule has 4 rings (SSSR count). The highest BCUT2D eigenvalue weighted by molar-refractivity contribution is 7.89. The van der Waals surface area contributed by atoms with Gasteiger partial charge in [-0.25, -0.2) is 17.2 Å². The second-order valence-electron chi connectivity index (χ2n) is 7.99. The van der Waals surface area contributed by atoms with E-state index in [0.29, 0.717) is 31.3 Å². The third-order valence-corrected chi connectivity index (χ3v) is 7.52. The van der Waals surface area contributed by atoms with Crippen molar-refractivity contribution in [3.63, 3.8) is 0 Å². The van der Waals surface area contributed by atoms with E-state index < -0.39 is 33.6 Å². The summed E-state index contributed by atoms with van der Waals surface area (Å²) in [6.45, 7) is 0.731. The Kier molecular flexibility index (Phi) is 7.23. The van der Waals surface area contributed by atoms with Gasteiger partial charge < -0.3 is 10.1 Å². The number of hydrogen-bond donors (Lipinski definition) is 1. The van der Waals surface area contributed by atoms with Gasteiger partial charge in [0.25, 0.3) is 0 Å². The van der Waals surface area contributed by atoms with Gasteiger partial charge in [-0.05, 0) is 54.3 Å². The van der Waals surface area contributed by atoms with Crippen molar-refractivity contribution in [3.05, 3.63) is 95.6 Å². The van der Waals surface area contributed by atoms with Crippen LogP contribution in [0.2, 0.25) is 0 Å². The minimum Gasteiger partial charge on any atom is -0.489 e. The topological polar surface area (TPSA) is 75.7 Å². The Labute approximate surface area is 197 Å². The molecular formula is C25H24F2N2O4S. The molecule has 1 amide bonds. The third-order valence-electron chi connectivity index (χ3n) is 5.62. The molecule has 0 unspecified atom stereocenters. The monoisotopic (exact) mass is 486 g/mol. The van der Waals surface area contributed by atoms with Gasteiger partial charge in [-0.3, -0.25) is 4.79 Å². The summed E-state index contributed by atoms with van der Waals surface area (Å²) in [7, 11) is -4.15. The Hall–Kier alpha value is -3.30. The SMILES string of the molecule is O=C(NCc1cccc(OCc2ccccc2)c1)[C@@H]1CCCN1S(=O)(=O)c1ccc(F)c(F)c1. The van der Waals surface area contributed by atoms with Crippen molar-refractivity contribution < 1.29 is 26.7 Å². The molecule has 0 bridgehead atoms. The van der Waals surface area contributed by atoms with Crippen molar-refractivity contribution in [1.29, 1.82) is 0 Å². The number of rotatable bonds is 8. The fourth-order valence-electron chi connectivity index (χ4n) is 3.86. The van der Waals surface area contributed by atoms with Gasteiger partial charge in [-0.1, -0.05) is 42.5 Å². The van der Waals surface area contributed by atoms with E-state index in [4.69, 9.17) is 4.74 Å². The molecule has 0 spiro atoms. The maximum Gasteiger partial charge on any atom is 0.243 e. The zero-order chi connectivity index (χ0) is 24.1. The van der Waals surface area contributed by atoms with Crippen LogP contribution in [0.1, 0.15) is 24.0 Å². The molecule has 0 aromatic heterocycles. The lowest BCUT2D eigenvalue weighted by Gasteiger charge is -2.23. The number of amides is 1. The van der Waals surface area contributed by atoms with Crippen LogP contribution in [0.3, 0.4) is 0 Å². The molecule has 6 nitrogen and oxygen atoms in total. The van der Waals surface area contributed by atoms with E-state index in [0.717, 1.165) is 27.6 Å². The minimum absolute atomic E-state index is 0.127. The molecule has 1 fully saturated rings. The number of sulfonamides is 1. The normalized spacial score (nSPS) is 16.4. The van der Waals surface area contributed by atoms with Crippen LogP contribution in [0.15, 0.2) is 77.7 Å². The van der Waals surface area contributed by atoms with Crippen LogP contribution in [-0.4, -0.2) is 31.2 Å². The third kappa shape index (κ3) is 5.43. The molecule has 1 aliphatic heterocycles. The van der Waals surface area contributed by atoms with Crippen molar-refractivity contribution >= 4 is 15.9 Å². The van der Waals surface area contributed by atoms with Gasteiger partial charge in [0.1, 0.15) is 18.4 Å². The fraction of sp³-hybridized carbons (Fsp3) is 0.240. The lowest BCUT2D eigenvalue weighted by molar-refractivity contribution is -0.124. The zero-order valence-electron chi connectivity index (χ0n) is 18.3. The molecule has 0 radical (unpaired) electrons. The highest BCUT2D eigenvalue weighted by Crippen LogP contribution is 2.27. The first-order valence-electron chi connectivity index (χ1n) is 10.8. The van der Waals surface area contributed by atoms with Crippen LogP contribution in [0, 0.1) is 11.6 Å². The summed E-state index contributed by atoms with van der Waals surface area (Å²) in [6, 6.07) is 18.5. The van der Waals surface area contributed by atoms with Crippen LogP contribution in [0.25, 0.3) is 0 Å². The zero-order valence-corrected chi connectivity index (χ0v) is 19.1. The van der Waals surface area contributed by atoms with Crippen LogP contribution in [-0.2, 0) is 28.0 Å². The number of benzene rings is 3. The van der Waals surface area contributed by atoms with Crippen LogP contribution in [0.4, 0.5) is 8.78 Å². The minimum atomic E-state index is -4.15. The maximum absolute atomic E-state index is 13.6. The summed E-state index contributed by atoms with van der Waals surface area (Å²) >= 11 is 0. The van der Waals surface area contributed by atoms with Gasteiger partial charge in [-0.2, -0.15) is 4.31 Å². The van der Waals surface area contributed by atoms with Crippen LogP contribution < -0.4 is 10.1 Å². The average molecular weight is 487 g/mol. The summed E-state index contributed by atoms with van der Waals surface area (Å²) in [5.41, 5.74) is 1.83. The van der Waals surface area contributed by atoms with Crippen LogP contribution >= 0.6 is 0 Å². The van der Waals surface area contributed by atoms with Crippen molar-refractivity contribution in [2.24, 2.45) is 0 Å². The highest BCUT2D eigenvalue weighted by atomic mass is 32.2. The molecule has 0 saturated carbocycles. The maximum atomic E-state index is 13.6. The number of halogens is 2. The molecule has 1 saturated heterocycles. The largest absolute Gasteiger partial charge is 0.489 e. The van der Waals surface area contributed by atoms with Crippen molar-refractivity contribution in [2.75, 3.05) is 6.54 Å². The summed E-state index contributed by atoms with van der Waals surface area (Å²) < 4.78 is 59.6. The van der Waals surface area contributed by atoms with Gasteiger partial charge >= 0.3 is 0 Å². The summed E-state index contributed by atoms with van der Waals surface area (Å²) in [5, 5.41) is 2.78. The van der Waals surface area contributed by atoms with E-state index >= 15 is 0 Å². The predicted octanol–water partition coefficient (Wildman–Crippen LogP) is 4.01. The number of carbonyl (C=O) groups excluding carboxylic acids is 1. The molecule has 34 heavy (non-hydrogen) atoms. The fourth-order valence-corrected chi connectivity index (χ4v) is 5.52.